The van der Waals surface area contributed by atoms with E-state index >= 15 is 0 Å². The summed E-state index contributed by atoms with van der Waals surface area (Å²) in [6, 6.07) is 11.3. The molecule has 0 aliphatic rings. The Morgan fingerprint density at radius 1 is 1.24 bits per heavy atom. The van der Waals surface area contributed by atoms with Crippen molar-refractivity contribution in [2.24, 2.45) is 0 Å². The summed E-state index contributed by atoms with van der Waals surface area (Å²) in [6.45, 7) is 0. The molecule has 2 aromatic rings. The average Bonchev–Trinajstić information content (AvgIpc) is 2.37. The average molecular weight is 308 g/mol. The van der Waals surface area contributed by atoms with Crippen molar-refractivity contribution in [2.45, 2.75) is 4.90 Å². The molecule has 17 heavy (non-hydrogen) atoms. The zero-order valence-electron chi connectivity index (χ0n) is 8.97. The van der Waals surface area contributed by atoms with Gasteiger partial charge in [0.2, 0.25) is 0 Å². The Bertz CT molecular complexity index is 516. The van der Waals surface area contributed by atoms with E-state index in [-0.39, 0.29) is 5.78 Å². The van der Waals surface area contributed by atoms with Crippen LogP contribution >= 0.6 is 27.7 Å². The third kappa shape index (κ3) is 3.68. The Labute approximate surface area is 113 Å². The Morgan fingerprint density at radius 3 is 2.71 bits per heavy atom. The highest BCUT2D eigenvalue weighted by atomic mass is 79.9. The van der Waals surface area contributed by atoms with Gasteiger partial charge in [-0.15, -0.1) is 11.8 Å². The van der Waals surface area contributed by atoms with Crippen molar-refractivity contribution in [3.05, 3.63) is 58.8 Å². The number of Topliss-reactive ketones (excluding diaryl/α,β-unsaturated/α-hetero) is 1. The molecular weight excluding hydrogens is 298 g/mol. The van der Waals surface area contributed by atoms with Gasteiger partial charge in [-0.05, 0) is 24.3 Å². The lowest BCUT2D eigenvalue weighted by Crippen LogP contribution is -2.01. The molecule has 1 aromatic carbocycles. The molecule has 0 aliphatic carbocycles. The van der Waals surface area contributed by atoms with Crippen molar-refractivity contribution < 1.29 is 4.79 Å². The van der Waals surface area contributed by atoms with Gasteiger partial charge in [0.05, 0.1) is 5.75 Å². The monoisotopic (exact) mass is 307 g/mol. The van der Waals surface area contributed by atoms with Gasteiger partial charge >= 0.3 is 0 Å². The maximum Gasteiger partial charge on any atom is 0.173 e. The number of benzene rings is 1. The minimum Gasteiger partial charge on any atom is -0.293 e. The first-order valence-corrected chi connectivity index (χ1v) is 6.85. The van der Waals surface area contributed by atoms with Gasteiger partial charge in [0, 0.05) is 27.3 Å². The molecule has 0 saturated heterocycles. The van der Waals surface area contributed by atoms with Gasteiger partial charge in [0.1, 0.15) is 0 Å². The van der Waals surface area contributed by atoms with E-state index in [9.17, 15) is 4.79 Å². The molecule has 4 heteroatoms. The molecule has 1 heterocycles. The van der Waals surface area contributed by atoms with Gasteiger partial charge in [-0.3, -0.25) is 9.78 Å². The molecular formula is C13H10BrNOS. The molecule has 2 rings (SSSR count). The number of nitrogens with zero attached hydrogens (tertiary/aromatic N) is 1. The second kappa shape index (κ2) is 5.98. The molecule has 0 aliphatic heterocycles. The van der Waals surface area contributed by atoms with E-state index in [2.05, 4.69) is 20.9 Å². The third-order valence-electron chi connectivity index (χ3n) is 2.17. The predicted molar refractivity (Wildman–Crippen MR) is 73.4 cm³/mol. The first-order chi connectivity index (χ1) is 8.25. The fraction of sp³-hybridized carbons (Fsp3) is 0.0769. The van der Waals surface area contributed by atoms with Crippen LogP contribution < -0.4 is 0 Å². The highest BCUT2D eigenvalue weighted by Crippen LogP contribution is 2.19. The molecule has 0 fully saturated rings. The van der Waals surface area contributed by atoms with Crippen molar-refractivity contribution in [3.8, 4) is 0 Å². The zero-order chi connectivity index (χ0) is 12.1. The summed E-state index contributed by atoms with van der Waals surface area (Å²) in [7, 11) is 0. The highest BCUT2D eigenvalue weighted by Gasteiger charge is 2.06. The van der Waals surface area contributed by atoms with Crippen LogP contribution in [0.5, 0.6) is 0 Å². The number of ketones is 1. The van der Waals surface area contributed by atoms with E-state index in [0.717, 1.165) is 14.9 Å². The number of hydrogen-bond acceptors (Lipinski definition) is 3. The molecule has 0 bridgehead atoms. The third-order valence-corrected chi connectivity index (χ3v) is 3.67. The van der Waals surface area contributed by atoms with Crippen molar-refractivity contribution in [2.75, 3.05) is 5.75 Å². The van der Waals surface area contributed by atoms with Gasteiger partial charge in [-0.1, -0.05) is 28.1 Å². The number of halogens is 1. The lowest BCUT2D eigenvalue weighted by molar-refractivity contribution is 0.102. The van der Waals surface area contributed by atoms with E-state index < -0.39 is 0 Å². The van der Waals surface area contributed by atoms with Crippen LogP contribution in [0.25, 0.3) is 0 Å². The standard InChI is InChI=1S/C13H10BrNOS/c14-11-3-1-2-10(8-11)13(16)9-17-12-4-6-15-7-5-12/h1-8H,9H2. The van der Waals surface area contributed by atoms with Crippen molar-refractivity contribution >= 4 is 33.5 Å². The fourth-order valence-corrected chi connectivity index (χ4v) is 2.51. The number of rotatable bonds is 4. The van der Waals surface area contributed by atoms with E-state index in [1.165, 1.54) is 11.8 Å². The maximum absolute atomic E-state index is 11.9. The van der Waals surface area contributed by atoms with Gasteiger partial charge < -0.3 is 0 Å². The zero-order valence-corrected chi connectivity index (χ0v) is 11.4. The maximum atomic E-state index is 11.9. The molecule has 0 amide bonds. The topological polar surface area (TPSA) is 30.0 Å². The summed E-state index contributed by atoms with van der Waals surface area (Å²) in [5.74, 6) is 0.577. The summed E-state index contributed by atoms with van der Waals surface area (Å²) < 4.78 is 0.928. The van der Waals surface area contributed by atoms with Crippen molar-refractivity contribution in [1.82, 2.24) is 4.98 Å². The first kappa shape index (κ1) is 12.3. The van der Waals surface area contributed by atoms with Crippen molar-refractivity contribution in [3.63, 3.8) is 0 Å². The van der Waals surface area contributed by atoms with Crippen LogP contribution in [0, 0.1) is 0 Å². The number of aromatic nitrogens is 1. The lowest BCUT2D eigenvalue weighted by Gasteiger charge is -2.01. The van der Waals surface area contributed by atoms with E-state index in [4.69, 9.17) is 0 Å². The molecule has 0 unspecified atom stereocenters. The van der Waals surface area contributed by atoms with Crippen LogP contribution in [0.1, 0.15) is 10.4 Å². The normalized spacial score (nSPS) is 10.2. The second-order valence-electron chi connectivity index (χ2n) is 3.41. The molecule has 0 N–H and O–H groups in total. The van der Waals surface area contributed by atoms with E-state index in [1.807, 2.05) is 36.4 Å². The summed E-state index contributed by atoms with van der Waals surface area (Å²) >= 11 is 4.88. The van der Waals surface area contributed by atoms with Crippen molar-refractivity contribution in [1.29, 1.82) is 0 Å². The van der Waals surface area contributed by atoms with Gasteiger partial charge in [0.25, 0.3) is 0 Å². The van der Waals surface area contributed by atoms with E-state index in [1.54, 1.807) is 12.4 Å². The molecule has 0 radical (unpaired) electrons. The Hall–Kier alpha value is -1.13. The van der Waals surface area contributed by atoms with E-state index in [0.29, 0.717) is 5.75 Å². The minimum absolute atomic E-state index is 0.133. The van der Waals surface area contributed by atoms with Gasteiger partial charge in [-0.2, -0.15) is 0 Å². The Morgan fingerprint density at radius 2 is 2.00 bits per heavy atom. The molecule has 2 nitrogen and oxygen atoms in total. The molecule has 86 valence electrons. The van der Waals surface area contributed by atoms with Crippen LogP contribution in [0.15, 0.2) is 58.2 Å². The van der Waals surface area contributed by atoms with Crippen LogP contribution in [-0.4, -0.2) is 16.5 Å². The van der Waals surface area contributed by atoms with Crippen LogP contribution in [0.2, 0.25) is 0 Å². The van der Waals surface area contributed by atoms with Crippen LogP contribution in [-0.2, 0) is 0 Å². The van der Waals surface area contributed by atoms with Gasteiger partial charge in [-0.25, -0.2) is 0 Å². The quantitative estimate of drug-likeness (QED) is 0.635. The summed E-state index contributed by atoms with van der Waals surface area (Å²) in [6.07, 6.45) is 3.46. The Kier molecular flexibility index (Phi) is 4.34. The summed E-state index contributed by atoms with van der Waals surface area (Å²) in [5, 5.41) is 0. The molecule has 0 atom stereocenters. The summed E-state index contributed by atoms with van der Waals surface area (Å²) in [5.41, 5.74) is 0.737. The predicted octanol–water partition coefficient (Wildman–Crippen LogP) is 3.82. The SMILES string of the molecule is O=C(CSc1ccncc1)c1cccc(Br)c1. The van der Waals surface area contributed by atoms with Crippen LogP contribution in [0.4, 0.5) is 0 Å². The van der Waals surface area contributed by atoms with Crippen LogP contribution in [0.3, 0.4) is 0 Å². The number of thioether (sulfide) groups is 1. The highest BCUT2D eigenvalue weighted by molar-refractivity contribution is 9.10. The molecule has 0 spiro atoms. The number of hydrogen-bond donors (Lipinski definition) is 0. The van der Waals surface area contributed by atoms with Gasteiger partial charge in [0.15, 0.2) is 5.78 Å². The number of carbonyl (C=O) groups is 1. The lowest BCUT2D eigenvalue weighted by atomic mass is 10.2. The molecule has 1 aromatic heterocycles. The second-order valence-corrected chi connectivity index (χ2v) is 5.37. The number of pyridine rings is 1. The molecule has 0 saturated carbocycles. The first-order valence-electron chi connectivity index (χ1n) is 5.07. The minimum atomic E-state index is 0.133. The smallest absolute Gasteiger partial charge is 0.173 e. The number of carbonyl (C=O) groups excluding carboxylic acids is 1. The fourth-order valence-electron chi connectivity index (χ4n) is 1.33. The largest absolute Gasteiger partial charge is 0.293 e. The Balaban J connectivity index is 1.98. The summed E-state index contributed by atoms with van der Waals surface area (Å²) in [4.78, 5) is 16.9.